The van der Waals surface area contributed by atoms with Gasteiger partial charge in [-0.1, -0.05) is 12.1 Å². The van der Waals surface area contributed by atoms with Crippen LogP contribution in [-0.4, -0.2) is 23.9 Å². The zero-order chi connectivity index (χ0) is 15.7. The minimum absolute atomic E-state index is 0. The average molecular weight is 332 g/mol. The van der Waals surface area contributed by atoms with E-state index >= 15 is 0 Å². The number of hydrogen-bond acceptors (Lipinski definition) is 4. The van der Waals surface area contributed by atoms with Crippen molar-refractivity contribution in [1.29, 1.82) is 0 Å². The lowest BCUT2D eigenvalue weighted by Crippen LogP contribution is -2.20. The van der Waals surface area contributed by atoms with Crippen LogP contribution in [0.5, 0.6) is 5.75 Å². The van der Waals surface area contributed by atoms with Gasteiger partial charge in [0.25, 0.3) is 5.56 Å². The lowest BCUT2D eigenvalue weighted by atomic mass is 10.0. The van der Waals surface area contributed by atoms with Crippen molar-refractivity contribution in [1.82, 2.24) is 9.78 Å². The molecule has 0 aliphatic rings. The van der Waals surface area contributed by atoms with E-state index in [1.165, 1.54) is 4.68 Å². The number of aryl methyl sites for hydroxylation is 1. The quantitative estimate of drug-likeness (QED) is 0.801. The standard InChI is InChI=1S/C17H17N3O2.ClH/c1-18-12-6-4-11(5-7-12)16-15-10-13(22-3)8-9-14(15)17(21)20(2)19-16;/h4-10,18H,1-3H3;1H. The van der Waals surface area contributed by atoms with Crippen LogP contribution >= 0.6 is 12.4 Å². The number of ether oxygens (including phenoxy) is 1. The van der Waals surface area contributed by atoms with Crippen LogP contribution in [-0.2, 0) is 7.05 Å². The van der Waals surface area contributed by atoms with Gasteiger partial charge < -0.3 is 10.1 Å². The summed E-state index contributed by atoms with van der Waals surface area (Å²) in [6.45, 7) is 0. The molecule has 0 atom stereocenters. The summed E-state index contributed by atoms with van der Waals surface area (Å²) in [5.41, 5.74) is 2.62. The Bertz CT molecular complexity index is 889. The van der Waals surface area contributed by atoms with E-state index in [0.717, 1.165) is 22.3 Å². The number of nitrogens with zero attached hydrogens (tertiary/aromatic N) is 2. The smallest absolute Gasteiger partial charge is 0.274 e. The maximum atomic E-state index is 12.3. The second-order valence-electron chi connectivity index (χ2n) is 5.02. The Morgan fingerprint density at radius 1 is 1.09 bits per heavy atom. The van der Waals surface area contributed by atoms with E-state index in [2.05, 4.69) is 10.4 Å². The number of halogens is 1. The Labute approximate surface area is 140 Å². The topological polar surface area (TPSA) is 56.2 Å². The number of methoxy groups -OCH3 is 1. The van der Waals surface area contributed by atoms with Crippen LogP contribution in [0.1, 0.15) is 0 Å². The van der Waals surface area contributed by atoms with Crippen LogP contribution in [0.15, 0.2) is 47.3 Å². The van der Waals surface area contributed by atoms with Crippen molar-refractivity contribution < 1.29 is 4.74 Å². The Morgan fingerprint density at radius 3 is 2.39 bits per heavy atom. The molecule has 0 amide bonds. The van der Waals surface area contributed by atoms with E-state index in [1.807, 2.05) is 37.4 Å². The normalized spacial score (nSPS) is 10.2. The highest BCUT2D eigenvalue weighted by Crippen LogP contribution is 2.28. The lowest BCUT2D eigenvalue weighted by molar-refractivity contribution is 0.415. The third kappa shape index (κ3) is 3.00. The molecule has 5 nitrogen and oxygen atoms in total. The van der Waals surface area contributed by atoms with E-state index in [1.54, 1.807) is 26.3 Å². The van der Waals surface area contributed by atoms with Crippen molar-refractivity contribution in [3.63, 3.8) is 0 Å². The van der Waals surface area contributed by atoms with Crippen LogP contribution < -0.4 is 15.6 Å². The molecule has 0 fully saturated rings. The third-order valence-electron chi connectivity index (χ3n) is 3.70. The molecule has 1 aromatic heterocycles. The Morgan fingerprint density at radius 2 is 1.78 bits per heavy atom. The van der Waals surface area contributed by atoms with Gasteiger partial charge in [-0.2, -0.15) is 5.10 Å². The molecular weight excluding hydrogens is 314 g/mol. The zero-order valence-corrected chi connectivity index (χ0v) is 14.0. The molecule has 0 bridgehead atoms. The first-order chi connectivity index (χ1) is 10.6. The van der Waals surface area contributed by atoms with Crippen molar-refractivity contribution >= 4 is 28.9 Å². The molecule has 23 heavy (non-hydrogen) atoms. The molecule has 0 spiro atoms. The number of rotatable bonds is 3. The van der Waals surface area contributed by atoms with Gasteiger partial charge in [0, 0.05) is 30.7 Å². The van der Waals surface area contributed by atoms with Gasteiger partial charge in [0.1, 0.15) is 5.75 Å². The second kappa shape index (κ2) is 6.71. The number of aromatic nitrogens is 2. The van der Waals surface area contributed by atoms with Crippen molar-refractivity contribution in [2.75, 3.05) is 19.5 Å². The van der Waals surface area contributed by atoms with Crippen molar-refractivity contribution in [3.8, 4) is 17.0 Å². The molecule has 0 unspecified atom stereocenters. The molecule has 1 heterocycles. The monoisotopic (exact) mass is 331 g/mol. The van der Waals surface area contributed by atoms with Crippen molar-refractivity contribution in [2.24, 2.45) is 7.05 Å². The summed E-state index contributed by atoms with van der Waals surface area (Å²) in [6, 6.07) is 13.4. The molecule has 3 rings (SSSR count). The number of benzene rings is 2. The molecule has 2 aromatic carbocycles. The maximum Gasteiger partial charge on any atom is 0.274 e. The summed E-state index contributed by atoms with van der Waals surface area (Å²) in [5.74, 6) is 0.704. The zero-order valence-electron chi connectivity index (χ0n) is 13.2. The minimum atomic E-state index is -0.117. The van der Waals surface area contributed by atoms with Gasteiger partial charge in [-0.05, 0) is 30.3 Å². The highest BCUT2D eigenvalue weighted by atomic mass is 35.5. The van der Waals surface area contributed by atoms with Crippen LogP contribution in [0.3, 0.4) is 0 Å². The van der Waals surface area contributed by atoms with Gasteiger partial charge in [0.15, 0.2) is 0 Å². The van der Waals surface area contributed by atoms with Crippen LogP contribution in [0.2, 0.25) is 0 Å². The Balaban J connectivity index is 0.00000192. The first-order valence-corrected chi connectivity index (χ1v) is 6.97. The predicted octanol–water partition coefficient (Wildman–Crippen LogP) is 3.07. The van der Waals surface area contributed by atoms with Gasteiger partial charge in [0.05, 0.1) is 18.2 Å². The molecule has 6 heteroatoms. The van der Waals surface area contributed by atoms with Gasteiger partial charge in [0.2, 0.25) is 0 Å². The second-order valence-corrected chi connectivity index (χ2v) is 5.02. The number of hydrogen-bond donors (Lipinski definition) is 1. The summed E-state index contributed by atoms with van der Waals surface area (Å²) in [5, 5.41) is 8.94. The van der Waals surface area contributed by atoms with E-state index in [4.69, 9.17) is 4.74 Å². The largest absolute Gasteiger partial charge is 0.497 e. The molecule has 0 aliphatic carbocycles. The SMILES string of the molecule is CNc1ccc(-c2nn(C)c(=O)c3ccc(OC)cc23)cc1.Cl. The number of nitrogens with one attached hydrogen (secondary N) is 1. The maximum absolute atomic E-state index is 12.3. The van der Waals surface area contributed by atoms with E-state index in [0.29, 0.717) is 11.1 Å². The van der Waals surface area contributed by atoms with Crippen LogP contribution in [0.25, 0.3) is 22.0 Å². The van der Waals surface area contributed by atoms with Gasteiger partial charge in [-0.3, -0.25) is 4.79 Å². The molecule has 120 valence electrons. The summed E-state index contributed by atoms with van der Waals surface area (Å²) in [4.78, 5) is 12.3. The first-order valence-electron chi connectivity index (χ1n) is 6.97. The molecule has 0 saturated heterocycles. The van der Waals surface area contributed by atoms with Crippen molar-refractivity contribution in [3.05, 3.63) is 52.8 Å². The van der Waals surface area contributed by atoms with Crippen molar-refractivity contribution in [2.45, 2.75) is 0 Å². The highest BCUT2D eigenvalue weighted by Gasteiger charge is 2.11. The van der Waals surface area contributed by atoms with Crippen LogP contribution in [0.4, 0.5) is 5.69 Å². The van der Waals surface area contributed by atoms with Gasteiger partial charge >= 0.3 is 0 Å². The fourth-order valence-electron chi connectivity index (χ4n) is 2.46. The summed E-state index contributed by atoms with van der Waals surface area (Å²) in [6.07, 6.45) is 0. The van der Waals surface area contributed by atoms with E-state index in [-0.39, 0.29) is 18.0 Å². The molecule has 0 radical (unpaired) electrons. The average Bonchev–Trinajstić information content (AvgIpc) is 2.57. The van der Waals surface area contributed by atoms with E-state index in [9.17, 15) is 4.79 Å². The summed E-state index contributed by atoms with van der Waals surface area (Å²) >= 11 is 0. The summed E-state index contributed by atoms with van der Waals surface area (Å²) in [7, 11) is 5.15. The fourth-order valence-corrected chi connectivity index (χ4v) is 2.46. The molecule has 0 aliphatic heterocycles. The van der Waals surface area contributed by atoms with Gasteiger partial charge in [-0.25, -0.2) is 4.68 Å². The Kier molecular flexibility index (Phi) is 4.91. The summed E-state index contributed by atoms with van der Waals surface area (Å²) < 4.78 is 6.64. The van der Waals surface area contributed by atoms with E-state index < -0.39 is 0 Å². The van der Waals surface area contributed by atoms with Gasteiger partial charge in [-0.15, -0.1) is 12.4 Å². The first kappa shape index (κ1) is 16.8. The molecule has 1 N–H and O–H groups in total. The molecular formula is C17H18ClN3O2. The highest BCUT2D eigenvalue weighted by molar-refractivity contribution is 5.94. The number of fused-ring (bicyclic) bond motifs is 1. The fraction of sp³-hybridized carbons (Fsp3) is 0.176. The predicted molar refractivity (Wildman–Crippen MR) is 95.8 cm³/mol. The Hall–Kier alpha value is -2.53. The third-order valence-corrected chi connectivity index (χ3v) is 3.70. The minimum Gasteiger partial charge on any atom is -0.497 e. The number of anilines is 1. The lowest BCUT2D eigenvalue weighted by Gasteiger charge is -2.10. The molecule has 3 aromatic rings. The van der Waals surface area contributed by atoms with Crippen LogP contribution in [0, 0.1) is 0 Å². The molecule has 0 saturated carbocycles.